The standard InChI is InChI=1S/C23H27F3N4O/c1-2-27-22(28-14-17-7-5-10-20(13-17)23(24,25)26)29-15-18-8-3-4-9-19(18)16-30-12-6-11-21(30)31/h3-5,7-10,13H,2,6,11-12,14-16H2,1H3,(H2,27,28,29). The van der Waals surface area contributed by atoms with Crippen molar-refractivity contribution >= 4 is 11.9 Å². The minimum atomic E-state index is -4.37. The molecule has 2 N–H and O–H groups in total. The van der Waals surface area contributed by atoms with Crippen LogP contribution in [0.4, 0.5) is 13.2 Å². The first-order valence-electron chi connectivity index (χ1n) is 10.4. The van der Waals surface area contributed by atoms with Crippen molar-refractivity contribution in [2.24, 2.45) is 4.99 Å². The highest BCUT2D eigenvalue weighted by Crippen LogP contribution is 2.29. The Labute approximate surface area is 180 Å². The molecule has 1 heterocycles. The summed E-state index contributed by atoms with van der Waals surface area (Å²) in [5, 5.41) is 6.36. The van der Waals surface area contributed by atoms with E-state index in [1.807, 2.05) is 36.1 Å². The summed E-state index contributed by atoms with van der Waals surface area (Å²) in [6, 6.07) is 13.1. The van der Waals surface area contributed by atoms with Crippen molar-refractivity contribution in [3.8, 4) is 0 Å². The van der Waals surface area contributed by atoms with Gasteiger partial charge in [0.1, 0.15) is 0 Å². The third-order valence-electron chi connectivity index (χ3n) is 5.12. The van der Waals surface area contributed by atoms with Gasteiger partial charge in [-0.3, -0.25) is 4.79 Å². The van der Waals surface area contributed by atoms with Crippen LogP contribution in [-0.4, -0.2) is 29.9 Å². The molecule has 0 aliphatic carbocycles. The van der Waals surface area contributed by atoms with Crippen LogP contribution < -0.4 is 10.6 Å². The van der Waals surface area contributed by atoms with Crippen LogP contribution in [0.15, 0.2) is 53.5 Å². The van der Waals surface area contributed by atoms with Crippen LogP contribution in [-0.2, 0) is 30.6 Å². The van der Waals surface area contributed by atoms with Gasteiger partial charge in [0.05, 0.1) is 12.1 Å². The number of carbonyl (C=O) groups is 1. The van der Waals surface area contributed by atoms with E-state index in [2.05, 4.69) is 15.6 Å². The number of aliphatic imine (C=N–C) groups is 1. The van der Waals surface area contributed by atoms with Gasteiger partial charge < -0.3 is 15.5 Å². The lowest BCUT2D eigenvalue weighted by Crippen LogP contribution is -2.37. The van der Waals surface area contributed by atoms with Crippen molar-refractivity contribution in [1.82, 2.24) is 15.5 Å². The molecule has 1 aliphatic rings. The Morgan fingerprint density at radius 3 is 2.55 bits per heavy atom. The molecule has 0 saturated carbocycles. The van der Waals surface area contributed by atoms with Gasteiger partial charge in [0.2, 0.25) is 5.91 Å². The average molecular weight is 432 g/mol. The molecule has 0 aromatic heterocycles. The van der Waals surface area contributed by atoms with E-state index in [4.69, 9.17) is 0 Å². The van der Waals surface area contributed by atoms with Crippen LogP contribution in [0, 0.1) is 0 Å². The fraction of sp³-hybridized carbons (Fsp3) is 0.391. The second kappa shape index (κ2) is 10.3. The molecule has 1 aliphatic heterocycles. The maximum atomic E-state index is 12.9. The lowest BCUT2D eigenvalue weighted by Gasteiger charge is -2.19. The number of guanidine groups is 1. The van der Waals surface area contributed by atoms with E-state index in [0.29, 0.717) is 37.6 Å². The third-order valence-corrected chi connectivity index (χ3v) is 5.12. The summed E-state index contributed by atoms with van der Waals surface area (Å²) in [7, 11) is 0. The molecule has 166 valence electrons. The minimum absolute atomic E-state index is 0.128. The number of likely N-dealkylation sites (tertiary alicyclic amines) is 1. The van der Waals surface area contributed by atoms with Gasteiger partial charge in [-0.1, -0.05) is 36.4 Å². The molecular weight excluding hydrogens is 405 g/mol. The van der Waals surface area contributed by atoms with Crippen LogP contribution in [0.3, 0.4) is 0 Å². The number of hydrogen-bond donors (Lipinski definition) is 2. The van der Waals surface area contributed by atoms with Gasteiger partial charge in [-0.2, -0.15) is 13.2 Å². The number of hydrogen-bond acceptors (Lipinski definition) is 2. The molecule has 0 atom stereocenters. The quantitative estimate of drug-likeness (QED) is 0.512. The molecule has 0 unspecified atom stereocenters. The van der Waals surface area contributed by atoms with Crippen molar-refractivity contribution in [1.29, 1.82) is 0 Å². The lowest BCUT2D eigenvalue weighted by molar-refractivity contribution is -0.137. The zero-order chi connectivity index (χ0) is 22.3. The molecule has 1 saturated heterocycles. The summed E-state index contributed by atoms with van der Waals surface area (Å²) in [5.74, 6) is 0.700. The molecular formula is C23H27F3N4O. The summed E-state index contributed by atoms with van der Waals surface area (Å²) in [6.07, 6.45) is -2.87. The first-order chi connectivity index (χ1) is 14.9. The van der Waals surface area contributed by atoms with Crippen LogP contribution in [0.25, 0.3) is 0 Å². The van der Waals surface area contributed by atoms with Gasteiger partial charge in [-0.15, -0.1) is 0 Å². The Hall–Kier alpha value is -3.03. The zero-order valence-corrected chi connectivity index (χ0v) is 17.5. The van der Waals surface area contributed by atoms with E-state index >= 15 is 0 Å². The molecule has 0 spiro atoms. The highest BCUT2D eigenvalue weighted by atomic mass is 19.4. The Balaban J connectivity index is 1.66. The molecule has 1 amide bonds. The molecule has 0 bridgehead atoms. The predicted octanol–water partition coefficient (Wildman–Crippen LogP) is 4.08. The second-order valence-electron chi connectivity index (χ2n) is 7.43. The predicted molar refractivity (Wildman–Crippen MR) is 114 cm³/mol. The zero-order valence-electron chi connectivity index (χ0n) is 17.5. The van der Waals surface area contributed by atoms with E-state index < -0.39 is 11.7 Å². The lowest BCUT2D eigenvalue weighted by atomic mass is 10.1. The number of amides is 1. The SMILES string of the molecule is CCNC(=NCc1cccc(C(F)(F)F)c1)NCc1ccccc1CN1CCCC1=O. The summed E-state index contributed by atoms with van der Waals surface area (Å²) in [4.78, 5) is 18.3. The highest BCUT2D eigenvalue weighted by molar-refractivity contribution is 5.80. The number of nitrogens with zero attached hydrogens (tertiary/aromatic N) is 2. The fourth-order valence-corrected chi connectivity index (χ4v) is 3.50. The molecule has 8 heteroatoms. The Morgan fingerprint density at radius 1 is 1.10 bits per heavy atom. The van der Waals surface area contributed by atoms with Gasteiger partial charge in [0.15, 0.2) is 5.96 Å². The molecule has 1 fully saturated rings. The number of rotatable bonds is 7. The number of benzene rings is 2. The third kappa shape index (κ3) is 6.47. The second-order valence-corrected chi connectivity index (χ2v) is 7.43. The Bertz CT molecular complexity index is 927. The van der Waals surface area contributed by atoms with E-state index in [9.17, 15) is 18.0 Å². The summed E-state index contributed by atoms with van der Waals surface area (Å²) in [5.41, 5.74) is 1.93. The van der Waals surface area contributed by atoms with E-state index in [0.717, 1.165) is 36.2 Å². The van der Waals surface area contributed by atoms with Crippen molar-refractivity contribution < 1.29 is 18.0 Å². The normalized spacial score (nSPS) is 14.8. The maximum absolute atomic E-state index is 12.9. The maximum Gasteiger partial charge on any atom is 0.416 e. The first kappa shape index (κ1) is 22.7. The molecule has 3 rings (SSSR count). The number of nitrogens with one attached hydrogen (secondary N) is 2. The van der Waals surface area contributed by atoms with E-state index in [-0.39, 0.29) is 12.5 Å². The van der Waals surface area contributed by atoms with Gasteiger partial charge >= 0.3 is 6.18 Å². The molecule has 31 heavy (non-hydrogen) atoms. The van der Waals surface area contributed by atoms with Gasteiger partial charge in [-0.25, -0.2) is 4.99 Å². The molecule has 5 nitrogen and oxygen atoms in total. The number of carbonyl (C=O) groups excluding carboxylic acids is 1. The number of halogens is 3. The molecule has 2 aromatic carbocycles. The van der Waals surface area contributed by atoms with Gasteiger partial charge in [0, 0.05) is 32.6 Å². The van der Waals surface area contributed by atoms with E-state index in [1.165, 1.54) is 6.07 Å². The van der Waals surface area contributed by atoms with Crippen LogP contribution in [0.2, 0.25) is 0 Å². The molecule has 0 radical (unpaired) electrons. The fourth-order valence-electron chi connectivity index (χ4n) is 3.50. The first-order valence-corrected chi connectivity index (χ1v) is 10.4. The van der Waals surface area contributed by atoms with Crippen LogP contribution in [0.1, 0.15) is 42.0 Å². The number of alkyl halides is 3. The van der Waals surface area contributed by atoms with Crippen molar-refractivity contribution in [2.75, 3.05) is 13.1 Å². The molecule has 2 aromatic rings. The van der Waals surface area contributed by atoms with Crippen molar-refractivity contribution in [3.63, 3.8) is 0 Å². The van der Waals surface area contributed by atoms with E-state index in [1.54, 1.807) is 6.07 Å². The van der Waals surface area contributed by atoms with Gasteiger partial charge in [0.25, 0.3) is 0 Å². The van der Waals surface area contributed by atoms with Crippen molar-refractivity contribution in [3.05, 3.63) is 70.8 Å². The summed E-state index contributed by atoms with van der Waals surface area (Å²) in [6.45, 7) is 4.53. The van der Waals surface area contributed by atoms with Crippen LogP contribution >= 0.6 is 0 Å². The topological polar surface area (TPSA) is 56.7 Å². The van der Waals surface area contributed by atoms with Crippen molar-refractivity contribution in [2.45, 2.75) is 45.6 Å². The largest absolute Gasteiger partial charge is 0.416 e. The smallest absolute Gasteiger partial charge is 0.357 e. The summed E-state index contributed by atoms with van der Waals surface area (Å²) >= 11 is 0. The highest BCUT2D eigenvalue weighted by Gasteiger charge is 2.30. The average Bonchev–Trinajstić information content (AvgIpc) is 3.15. The Kier molecular flexibility index (Phi) is 7.55. The van der Waals surface area contributed by atoms with Crippen LogP contribution in [0.5, 0.6) is 0 Å². The summed E-state index contributed by atoms with van der Waals surface area (Å²) < 4.78 is 38.8. The monoisotopic (exact) mass is 432 g/mol. The van der Waals surface area contributed by atoms with Gasteiger partial charge in [-0.05, 0) is 42.2 Å². The Morgan fingerprint density at radius 2 is 1.87 bits per heavy atom. The minimum Gasteiger partial charge on any atom is -0.357 e.